The number of hydrogen-bond donors (Lipinski definition) is 0. The highest BCUT2D eigenvalue weighted by atomic mass is 16.5. The molecule has 0 amide bonds. The summed E-state index contributed by atoms with van der Waals surface area (Å²) in [4.78, 5) is 11.5. The fourth-order valence-corrected chi connectivity index (χ4v) is 3.24. The molecule has 0 saturated heterocycles. The summed E-state index contributed by atoms with van der Waals surface area (Å²) >= 11 is 0. The van der Waals surface area contributed by atoms with Gasteiger partial charge in [0.25, 0.3) is 0 Å². The van der Waals surface area contributed by atoms with E-state index >= 15 is 0 Å². The molecule has 2 nitrogen and oxygen atoms in total. The van der Waals surface area contributed by atoms with Crippen LogP contribution in [0.25, 0.3) is 0 Å². The van der Waals surface area contributed by atoms with Crippen LogP contribution in [0.15, 0.2) is 12.2 Å². The van der Waals surface area contributed by atoms with E-state index in [2.05, 4.69) is 6.58 Å². The number of rotatable bonds is 2. The number of fused-ring (bicyclic) bond motifs is 1. The quantitative estimate of drug-likeness (QED) is 0.528. The molecule has 2 rings (SSSR count). The Morgan fingerprint density at radius 3 is 2.62 bits per heavy atom. The Morgan fingerprint density at radius 2 is 1.88 bits per heavy atom. The normalized spacial score (nSPS) is 33.9. The summed E-state index contributed by atoms with van der Waals surface area (Å²) in [6.45, 7) is 5.37. The monoisotopic (exact) mass is 222 g/mol. The van der Waals surface area contributed by atoms with Gasteiger partial charge in [0.05, 0.1) is 0 Å². The lowest BCUT2D eigenvalue weighted by Crippen LogP contribution is -2.25. The minimum atomic E-state index is -0.199. The maximum atomic E-state index is 11.5. The van der Waals surface area contributed by atoms with Crippen molar-refractivity contribution in [2.45, 2.75) is 58.0 Å². The van der Waals surface area contributed by atoms with Gasteiger partial charge in [-0.3, -0.25) is 0 Å². The molecule has 16 heavy (non-hydrogen) atoms. The van der Waals surface area contributed by atoms with Gasteiger partial charge < -0.3 is 4.74 Å². The minimum absolute atomic E-state index is 0.173. The number of carbonyl (C=O) groups excluding carboxylic acids is 1. The van der Waals surface area contributed by atoms with Crippen LogP contribution < -0.4 is 0 Å². The number of ether oxygens (including phenoxy) is 1. The van der Waals surface area contributed by atoms with E-state index in [0.29, 0.717) is 11.5 Å². The van der Waals surface area contributed by atoms with Crippen molar-refractivity contribution in [3.8, 4) is 0 Å². The van der Waals surface area contributed by atoms with Gasteiger partial charge in [-0.05, 0) is 38.0 Å². The third-order valence-electron chi connectivity index (χ3n) is 4.12. The summed E-state index contributed by atoms with van der Waals surface area (Å²) in [7, 11) is 0. The number of carbonyl (C=O) groups is 1. The second-order valence-corrected chi connectivity index (χ2v) is 5.36. The van der Waals surface area contributed by atoms with Gasteiger partial charge >= 0.3 is 5.97 Å². The van der Waals surface area contributed by atoms with Gasteiger partial charge in [-0.25, -0.2) is 4.79 Å². The van der Waals surface area contributed by atoms with Crippen LogP contribution in [0, 0.1) is 11.8 Å². The Bertz CT molecular complexity index is 282. The average Bonchev–Trinajstić information content (AvgIpc) is 2.50. The average molecular weight is 222 g/mol. The molecule has 2 aliphatic rings. The van der Waals surface area contributed by atoms with Gasteiger partial charge in [-0.15, -0.1) is 0 Å². The van der Waals surface area contributed by atoms with E-state index in [-0.39, 0.29) is 12.1 Å². The molecule has 0 N–H and O–H groups in total. The molecule has 0 heterocycles. The van der Waals surface area contributed by atoms with E-state index in [1.807, 2.05) is 0 Å². The van der Waals surface area contributed by atoms with Gasteiger partial charge in [0.2, 0.25) is 0 Å². The van der Waals surface area contributed by atoms with Gasteiger partial charge in [-0.1, -0.05) is 32.3 Å². The molecule has 90 valence electrons. The number of esters is 1. The van der Waals surface area contributed by atoms with Crippen molar-refractivity contribution in [1.29, 1.82) is 0 Å². The first-order chi connectivity index (χ1) is 7.68. The highest BCUT2D eigenvalue weighted by Crippen LogP contribution is 2.42. The van der Waals surface area contributed by atoms with E-state index in [4.69, 9.17) is 4.74 Å². The molecule has 0 aromatic carbocycles. The molecule has 2 aliphatic carbocycles. The Kier molecular flexibility index (Phi) is 3.67. The second kappa shape index (κ2) is 5.03. The molecular formula is C14H22O2. The zero-order valence-corrected chi connectivity index (χ0v) is 10.2. The van der Waals surface area contributed by atoms with Crippen molar-refractivity contribution in [3.63, 3.8) is 0 Å². The summed E-state index contributed by atoms with van der Waals surface area (Å²) in [6.07, 6.45) is 9.10. The van der Waals surface area contributed by atoms with Gasteiger partial charge in [-0.2, -0.15) is 0 Å². The van der Waals surface area contributed by atoms with Gasteiger partial charge in [0.1, 0.15) is 6.10 Å². The lowest BCUT2D eigenvalue weighted by Gasteiger charge is -2.22. The minimum Gasteiger partial charge on any atom is -0.459 e. The fourth-order valence-electron chi connectivity index (χ4n) is 3.24. The maximum absolute atomic E-state index is 11.5. The fraction of sp³-hybridized carbons (Fsp3) is 0.786. The zero-order chi connectivity index (χ0) is 11.5. The van der Waals surface area contributed by atoms with Crippen molar-refractivity contribution in [3.05, 3.63) is 12.2 Å². The molecule has 3 atom stereocenters. The van der Waals surface area contributed by atoms with E-state index in [1.165, 1.54) is 38.5 Å². The van der Waals surface area contributed by atoms with E-state index in [1.54, 1.807) is 6.92 Å². The van der Waals surface area contributed by atoms with Gasteiger partial charge in [0, 0.05) is 5.57 Å². The van der Waals surface area contributed by atoms with Crippen LogP contribution in [-0.2, 0) is 9.53 Å². The third-order valence-corrected chi connectivity index (χ3v) is 4.12. The Hall–Kier alpha value is -0.790. The van der Waals surface area contributed by atoms with Crippen molar-refractivity contribution in [2.24, 2.45) is 11.8 Å². The van der Waals surface area contributed by atoms with Crippen molar-refractivity contribution in [1.82, 2.24) is 0 Å². The van der Waals surface area contributed by atoms with Crippen LogP contribution in [0.1, 0.15) is 51.9 Å². The molecule has 2 heteroatoms. The van der Waals surface area contributed by atoms with Crippen LogP contribution in [0.2, 0.25) is 0 Å². The van der Waals surface area contributed by atoms with Crippen molar-refractivity contribution >= 4 is 5.97 Å². The van der Waals surface area contributed by atoms with Crippen molar-refractivity contribution < 1.29 is 9.53 Å². The zero-order valence-electron chi connectivity index (χ0n) is 10.2. The first-order valence-electron chi connectivity index (χ1n) is 6.55. The van der Waals surface area contributed by atoms with E-state index < -0.39 is 0 Å². The molecule has 0 aromatic rings. The summed E-state index contributed by atoms with van der Waals surface area (Å²) in [5.74, 6) is 1.24. The predicted octanol–water partition coefficient (Wildman–Crippen LogP) is 3.46. The molecule has 2 saturated carbocycles. The smallest absolute Gasteiger partial charge is 0.333 e. The SMILES string of the molecule is C=C(C)C(=O)OC1CCC2CCCCCC21. The molecular weight excluding hydrogens is 200 g/mol. The lowest BCUT2D eigenvalue weighted by molar-refractivity contribution is -0.146. The summed E-state index contributed by atoms with van der Waals surface area (Å²) < 4.78 is 5.56. The summed E-state index contributed by atoms with van der Waals surface area (Å²) in [6, 6.07) is 0. The molecule has 3 unspecified atom stereocenters. The standard InChI is InChI=1S/C14H22O2/c1-10(2)14(15)16-13-9-8-11-6-4-3-5-7-12(11)13/h11-13H,1,3-9H2,2H3. The molecule has 0 bridgehead atoms. The largest absolute Gasteiger partial charge is 0.459 e. The Labute approximate surface area is 98.1 Å². The first kappa shape index (κ1) is 11.7. The topological polar surface area (TPSA) is 26.3 Å². The lowest BCUT2D eigenvalue weighted by atomic mass is 9.90. The highest BCUT2D eigenvalue weighted by Gasteiger charge is 2.38. The predicted molar refractivity (Wildman–Crippen MR) is 64.0 cm³/mol. The van der Waals surface area contributed by atoms with Crippen LogP contribution in [0.4, 0.5) is 0 Å². The van der Waals surface area contributed by atoms with E-state index in [9.17, 15) is 4.79 Å². The molecule has 2 fully saturated rings. The maximum Gasteiger partial charge on any atom is 0.333 e. The third kappa shape index (κ3) is 2.47. The highest BCUT2D eigenvalue weighted by molar-refractivity contribution is 5.87. The van der Waals surface area contributed by atoms with E-state index in [0.717, 1.165) is 12.3 Å². The molecule has 0 spiro atoms. The van der Waals surface area contributed by atoms with Crippen LogP contribution >= 0.6 is 0 Å². The van der Waals surface area contributed by atoms with Crippen LogP contribution in [-0.4, -0.2) is 12.1 Å². The summed E-state index contributed by atoms with van der Waals surface area (Å²) in [5.41, 5.74) is 0.525. The van der Waals surface area contributed by atoms with Gasteiger partial charge in [0.15, 0.2) is 0 Å². The van der Waals surface area contributed by atoms with Crippen molar-refractivity contribution in [2.75, 3.05) is 0 Å². The molecule has 0 radical (unpaired) electrons. The van der Waals surface area contributed by atoms with Crippen LogP contribution in [0.5, 0.6) is 0 Å². The Morgan fingerprint density at radius 1 is 1.12 bits per heavy atom. The molecule has 0 aromatic heterocycles. The van der Waals surface area contributed by atoms with Crippen LogP contribution in [0.3, 0.4) is 0 Å². The first-order valence-corrected chi connectivity index (χ1v) is 6.55. The second-order valence-electron chi connectivity index (χ2n) is 5.36. The number of hydrogen-bond acceptors (Lipinski definition) is 2. The Balaban J connectivity index is 1.95. The summed E-state index contributed by atoms with van der Waals surface area (Å²) in [5, 5.41) is 0. The molecule has 0 aliphatic heterocycles.